The Labute approximate surface area is 151 Å². The summed E-state index contributed by atoms with van der Waals surface area (Å²) in [7, 11) is 1.45. The number of allylic oxidation sites excluding steroid dienone is 2. The maximum Gasteiger partial charge on any atom is 0.305 e. The summed E-state index contributed by atoms with van der Waals surface area (Å²) in [4.78, 5) is 16.6. The molecule has 24 heavy (non-hydrogen) atoms. The van der Waals surface area contributed by atoms with E-state index in [1.54, 1.807) is 0 Å². The van der Waals surface area contributed by atoms with Crippen LogP contribution in [0.4, 0.5) is 0 Å². The molecular formula is C18H31NO4S. The molecule has 0 aromatic rings. The molecule has 0 amide bonds. The van der Waals surface area contributed by atoms with E-state index in [0.717, 1.165) is 44.1 Å². The van der Waals surface area contributed by atoms with Crippen LogP contribution >= 0.6 is 0 Å². The Bertz CT molecular complexity index is 391. The number of fused-ring (bicyclic) bond motifs is 2. The van der Waals surface area contributed by atoms with E-state index in [-0.39, 0.29) is 5.97 Å². The van der Waals surface area contributed by atoms with Crippen molar-refractivity contribution in [2.75, 3.05) is 13.7 Å². The molecule has 138 valence electrons. The lowest BCUT2D eigenvalue weighted by atomic mass is 9.82. The normalized spacial score (nSPS) is 27.9. The molecule has 0 saturated heterocycles. The number of methoxy groups -OCH3 is 1. The van der Waals surface area contributed by atoms with E-state index >= 15 is 0 Å². The zero-order chi connectivity index (χ0) is 17.8. The quantitative estimate of drug-likeness (QED) is 0.280. The molecule has 0 aliphatic heterocycles. The van der Waals surface area contributed by atoms with E-state index in [1.165, 1.54) is 26.4 Å². The summed E-state index contributed by atoms with van der Waals surface area (Å²) in [5.74, 6) is 2.28. The highest BCUT2D eigenvalue weighted by molar-refractivity contribution is 7.44. The third kappa shape index (κ3) is 6.57. The fourth-order valence-electron chi connectivity index (χ4n) is 4.03. The second-order valence-corrected chi connectivity index (χ2v) is 6.66. The zero-order valence-electron chi connectivity index (χ0n) is 14.9. The molecule has 0 radical (unpaired) electrons. The number of unbranched alkanes of at least 4 members (excludes halogenated alkanes) is 1. The van der Waals surface area contributed by atoms with Crippen LogP contribution in [0.3, 0.4) is 0 Å². The summed E-state index contributed by atoms with van der Waals surface area (Å²) < 4.78 is 12.5. The van der Waals surface area contributed by atoms with Gasteiger partial charge in [-0.2, -0.15) is 9.69 Å². The van der Waals surface area contributed by atoms with Gasteiger partial charge in [-0.15, -0.1) is 0 Å². The van der Waals surface area contributed by atoms with Crippen LogP contribution in [0.1, 0.15) is 58.3 Å². The van der Waals surface area contributed by atoms with Crippen molar-refractivity contribution < 1.29 is 18.6 Å². The highest BCUT2D eigenvalue weighted by Gasteiger charge is 2.46. The van der Waals surface area contributed by atoms with Crippen LogP contribution in [0.25, 0.3) is 0 Å². The van der Waals surface area contributed by atoms with Crippen LogP contribution in [-0.2, 0) is 26.9 Å². The average molecular weight is 358 g/mol. The Kier molecular flexibility index (Phi) is 11.0. The molecule has 2 rings (SSSR count). The number of esters is 1. The number of hydrogen-bond donors (Lipinski definition) is 1. The van der Waals surface area contributed by atoms with Gasteiger partial charge in [0.2, 0.25) is 0 Å². The molecule has 0 heterocycles. The van der Waals surface area contributed by atoms with Gasteiger partial charge < -0.3 is 9.57 Å². The van der Waals surface area contributed by atoms with Crippen molar-refractivity contribution in [3.63, 3.8) is 0 Å². The minimum absolute atomic E-state index is 0.112. The SMILES string of the molecule is CCCONC1[C@H]2CC[C@H](C2)[C@@H]1C/C=C\CCCC(=O)OC.O=S. The van der Waals surface area contributed by atoms with Gasteiger partial charge in [-0.3, -0.25) is 4.79 Å². The molecule has 2 saturated carbocycles. The first-order chi connectivity index (χ1) is 11.8. The van der Waals surface area contributed by atoms with Gasteiger partial charge in [0.25, 0.3) is 0 Å². The Morgan fingerprint density at radius 2 is 2.00 bits per heavy atom. The first-order valence-electron chi connectivity index (χ1n) is 9.02. The molecule has 1 unspecified atom stereocenters. The van der Waals surface area contributed by atoms with E-state index in [2.05, 4.69) is 41.8 Å². The number of hydrogen-bond acceptors (Lipinski definition) is 6. The average Bonchev–Trinajstić information content (AvgIpc) is 3.21. The van der Waals surface area contributed by atoms with Crippen molar-refractivity contribution in [2.24, 2.45) is 17.8 Å². The molecule has 4 atom stereocenters. The number of ether oxygens (including phenoxy) is 1. The Balaban J connectivity index is 0.00000139. The van der Waals surface area contributed by atoms with Crippen molar-refractivity contribution in [3.8, 4) is 0 Å². The summed E-state index contributed by atoms with van der Waals surface area (Å²) in [5, 5.41) is 0. The molecule has 6 heteroatoms. The molecule has 0 aromatic carbocycles. The lowest BCUT2D eigenvalue weighted by Gasteiger charge is -2.30. The number of rotatable bonds is 10. The standard InChI is InChI=1S/C18H31NO3.OS/c1-3-12-22-19-18-15-11-10-14(13-15)16(18)8-6-4-5-7-9-17(20)21-2;1-2/h4,6,14-16,18-19H,3,5,7-13H2,1-2H3;/b6-4-;/t14-,15+,16+,18?;/m1./s1. The first kappa shape index (κ1) is 21.2. The van der Waals surface area contributed by atoms with E-state index < -0.39 is 0 Å². The first-order valence-corrected chi connectivity index (χ1v) is 9.35. The van der Waals surface area contributed by atoms with Crippen LogP contribution in [0, 0.1) is 17.8 Å². The Hall–Kier alpha value is -0.850. The van der Waals surface area contributed by atoms with E-state index in [9.17, 15) is 4.79 Å². The van der Waals surface area contributed by atoms with Gasteiger partial charge in [-0.1, -0.05) is 19.1 Å². The number of hydroxylamine groups is 1. The summed E-state index contributed by atoms with van der Waals surface area (Å²) >= 11 is 2.83. The van der Waals surface area contributed by atoms with Crippen LogP contribution in [0.15, 0.2) is 12.2 Å². The second kappa shape index (κ2) is 12.5. The van der Waals surface area contributed by atoms with Crippen molar-refractivity contribution in [3.05, 3.63) is 12.2 Å². The molecule has 2 bridgehead atoms. The van der Waals surface area contributed by atoms with Crippen molar-refractivity contribution in [2.45, 2.75) is 64.3 Å². The van der Waals surface area contributed by atoms with Gasteiger partial charge in [0.05, 0.1) is 13.7 Å². The lowest BCUT2D eigenvalue weighted by molar-refractivity contribution is -0.140. The minimum atomic E-state index is -0.112. The van der Waals surface area contributed by atoms with Gasteiger partial charge in [0.15, 0.2) is 12.5 Å². The second-order valence-electron chi connectivity index (χ2n) is 6.66. The van der Waals surface area contributed by atoms with Crippen LogP contribution < -0.4 is 5.48 Å². The fourth-order valence-corrected chi connectivity index (χ4v) is 4.03. The van der Waals surface area contributed by atoms with Crippen LogP contribution in [0.5, 0.6) is 0 Å². The van der Waals surface area contributed by atoms with Gasteiger partial charge in [-0.25, -0.2) is 0 Å². The molecule has 2 aliphatic carbocycles. The van der Waals surface area contributed by atoms with E-state index in [0.29, 0.717) is 18.4 Å². The number of carbonyl (C=O) groups excluding carboxylic acids is 1. The molecule has 1 N–H and O–H groups in total. The van der Waals surface area contributed by atoms with E-state index in [1.807, 2.05) is 0 Å². The van der Waals surface area contributed by atoms with Gasteiger partial charge in [-0.05, 0) is 62.7 Å². The molecule has 2 aliphatic rings. The van der Waals surface area contributed by atoms with E-state index in [4.69, 9.17) is 9.05 Å². The highest BCUT2D eigenvalue weighted by atomic mass is 32.1. The summed E-state index contributed by atoms with van der Waals surface area (Å²) in [5.41, 5.74) is 3.34. The third-order valence-electron chi connectivity index (χ3n) is 5.17. The lowest BCUT2D eigenvalue weighted by Crippen LogP contribution is -2.40. The number of nitrogens with one attached hydrogen (secondary N) is 1. The highest BCUT2D eigenvalue weighted by Crippen LogP contribution is 2.49. The van der Waals surface area contributed by atoms with Crippen molar-refractivity contribution >= 4 is 18.5 Å². The summed E-state index contributed by atoms with van der Waals surface area (Å²) in [6.45, 7) is 2.93. The number of carbonyl (C=O) groups is 1. The Morgan fingerprint density at radius 1 is 1.25 bits per heavy atom. The fraction of sp³-hybridized carbons (Fsp3) is 0.833. The van der Waals surface area contributed by atoms with Crippen molar-refractivity contribution in [1.29, 1.82) is 0 Å². The summed E-state index contributed by atoms with van der Waals surface area (Å²) in [6, 6.07) is 0.532. The topological polar surface area (TPSA) is 64.6 Å². The molecule has 0 aromatic heterocycles. The minimum Gasteiger partial charge on any atom is -0.469 e. The molecule has 0 spiro atoms. The van der Waals surface area contributed by atoms with Gasteiger partial charge in [0, 0.05) is 12.5 Å². The van der Waals surface area contributed by atoms with Gasteiger partial charge >= 0.3 is 5.97 Å². The molecule has 2 fully saturated rings. The predicted octanol–water partition coefficient (Wildman–Crippen LogP) is 3.29. The Morgan fingerprint density at radius 3 is 2.71 bits per heavy atom. The third-order valence-corrected chi connectivity index (χ3v) is 5.17. The monoisotopic (exact) mass is 357 g/mol. The van der Waals surface area contributed by atoms with Crippen molar-refractivity contribution in [1.82, 2.24) is 5.48 Å². The molecular weight excluding hydrogens is 326 g/mol. The van der Waals surface area contributed by atoms with Crippen LogP contribution in [0.2, 0.25) is 0 Å². The van der Waals surface area contributed by atoms with Crippen LogP contribution in [-0.4, -0.2) is 29.9 Å². The maximum absolute atomic E-state index is 11.0. The summed E-state index contributed by atoms with van der Waals surface area (Å²) in [6.07, 6.45) is 13.2. The molecule has 5 nitrogen and oxygen atoms in total. The van der Waals surface area contributed by atoms with Gasteiger partial charge in [0.1, 0.15) is 0 Å². The zero-order valence-corrected chi connectivity index (χ0v) is 15.7. The smallest absolute Gasteiger partial charge is 0.305 e. The largest absolute Gasteiger partial charge is 0.469 e. The maximum atomic E-state index is 11.0. The predicted molar refractivity (Wildman–Crippen MR) is 95.3 cm³/mol.